The topological polar surface area (TPSA) is 72.7 Å². The van der Waals surface area contributed by atoms with E-state index in [9.17, 15) is 4.79 Å². The molecule has 1 aliphatic heterocycles. The van der Waals surface area contributed by atoms with Crippen molar-refractivity contribution < 1.29 is 14.3 Å². The normalized spacial score (nSPS) is 14.9. The van der Waals surface area contributed by atoms with Crippen LogP contribution in [0.25, 0.3) is 10.2 Å². The zero-order valence-corrected chi connectivity index (χ0v) is 18.8. The number of ether oxygens (including phenoxy) is 2. The van der Waals surface area contributed by atoms with E-state index >= 15 is 0 Å². The number of rotatable bonds is 6. The van der Waals surface area contributed by atoms with Gasteiger partial charge < -0.3 is 9.47 Å². The summed E-state index contributed by atoms with van der Waals surface area (Å²) in [5.41, 5.74) is 2.15. The van der Waals surface area contributed by atoms with Gasteiger partial charge in [0, 0.05) is 44.4 Å². The van der Waals surface area contributed by atoms with E-state index in [1.807, 2.05) is 19.1 Å². The molecular formula is C20H24ClN5O3S. The van der Waals surface area contributed by atoms with E-state index in [0.29, 0.717) is 41.4 Å². The van der Waals surface area contributed by atoms with Gasteiger partial charge in [0.15, 0.2) is 5.13 Å². The maximum Gasteiger partial charge on any atom is 0.267 e. The highest BCUT2D eigenvalue weighted by Crippen LogP contribution is 2.34. The molecule has 0 radical (unpaired) electrons. The Balaban J connectivity index is 1.69. The molecule has 0 unspecified atom stereocenters. The molecule has 0 aliphatic carbocycles. The van der Waals surface area contributed by atoms with Crippen molar-refractivity contribution in [3.8, 4) is 5.88 Å². The maximum absolute atomic E-state index is 13.5. The number of aromatic nitrogens is 3. The summed E-state index contributed by atoms with van der Waals surface area (Å²) in [7, 11) is 3.28. The van der Waals surface area contributed by atoms with E-state index in [1.165, 1.54) is 18.4 Å². The van der Waals surface area contributed by atoms with Gasteiger partial charge in [-0.1, -0.05) is 22.9 Å². The summed E-state index contributed by atoms with van der Waals surface area (Å²) in [6.45, 7) is 6.31. The fraction of sp³-hybridized carbons (Fsp3) is 0.450. The van der Waals surface area contributed by atoms with E-state index in [4.69, 9.17) is 26.1 Å². The van der Waals surface area contributed by atoms with Crippen LogP contribution in [0.3, 0.4) is 0 Å². The number of hydrogen-bond acceptors (Lipinski definition) is 7. The number of fused-ring (bicyclic) bond motifs is 1. The molecule has 1 aliphatic rings. The quantitative estimate of drug-likeness (QED) is 0.576. The number of carbonyl (C=O) groups excluding carboxylic acids is 1. The van der Waals surface area contributed by atoms with Gasteiger partial charge >= 0.3 is 0 Å². The number of aryl methyl sites for hydroxylation is 2. The molecule has 2 aromatic heterocycles. The number of hydrogen-bond donors (Lipinski definition) is 0. The van der Waals surface area contributed by atoms with Crippen LogP contribution in [0.15, 0.2) is 18.3 Å². The highest BCUT2D eigenvalue weighted by molar-refractivity contribution is 7.22. The van der Waals surface area contributed by atoms with Crippen molar-refractivity contribution in [1.29, 1.82) is 0 Å². The molecule has 1 aromatic carbocycles. The fourth-order valence-electron chi connectivity index (χ4n) is 3.47. The first-order valence-electron chi connectivity index (χ1n) is 9.73. The zero-order valence-electron chi connectivity index (χ0n) is 17.2. The lowest BCUT2D eigenvalue weighted by Crippen LogP contribution is -2.43. The van der Waals surface area contributed by atoms with Crippen molar-refractivity contribution in [2.45, 2.75) is 6.92 Å². The van der Waals surface area contributed by atoms with E-state index in [0.717, 1.165) is 35.4 Å². The molecule has 0 saturated carbocycles. The van der Waals surface area contributed by atoms with Crippen molar-refractivity contribution in [3.63, 3.8) is 0 Å². The smallest absolute Gasteiger partial charge is 0.267 e. The number of nitrogens with zero attached hydrogens (tertiary/aromatic N) is 5. The van der Waals surface area contributed by atoms with Crippen LogP contribution >= 0.6 is 22.9 Å². The Labute approximate surface area is 183 Å². The number of anilines is 1. The van der Waals surface area contributed by atoms with Gasteiger partial charge in [-0.25, -0.2) is 4.98 Å². The Morgan fingerprint density at radius 3 is 2.87 bits per heavy atom. The number of methoxy groups -OCH3 is 1. The van der Waals surface area contributed by atoms with Crippen LogP contribution < -0.4 is 9.64 Å². The first kappa shape index (κ1) is 21.0. The minimum atomic E-state index is -0.184. The molecular weight excluding hydrogens is 426 g/mol. The molecule has 8 nitrogen and oxygen atoms in total. The van der Waals surface area contributed by atoms with Gasteiger partial charge in [0.2, 0.25) is 5.88 Å². The molecule has 10 heteroatoms. The van der Waals surface area contributed by atoms with Crippen molar-refractivity contribution in [3.05, 3.63) is 34.5 Å². The van der Waals surface area contributed by atoms with E-state index in [2.05, 4.69) is 10.00 Å². The molecule has 1 fully saturated rings. The number of carbonyl (C=O) groups is 1. The second kappa shape index (κ2) is 8.89. The molecule has 1 saturated heterocycles. The predicted octanol–water partition coefficient (Wildman–Crippen LogP) is 2.98. The summed E-state index contributed by atoms with van der Waals surface area (Å²) in [5.74, 6) is 0.121. The van der Waals surface area contributed by atoms with Crippen LogP contribution in [0.2, 0.25) is 5.02 Å². The van der Waals surface area contributed by atoms with Crippen molar-refractivity contribution >= 4 is 44.2 Å². The molecule has 3 aromatic rings. The van der Waals surface area contributed by atoms with Crippen LogP contribution in [0, 0.1) is 6.92 Å². The van der Waals surface area contributed by atoms with Gasteiger partial charge in [-0.3, -0.25) is 19.3 Å². The van der Waals surface area contributed by atoms with Gasteiger partial charge in [-0.2, -0.15) is 0 Å². The van der Waals surface area contributed by atoms with Gasteiger partial charge in [-0.15, -0.1) is 5.10 Å². The predicted molar refractivity (Wildman–Crippen MR) is 118 cm³/mol. The van der Waals surface area contributed by atoms with Gasteiger partial charge in [0.05, 0.1) is 30.5 Å². The number of halogens is 1. The standard InChI is InChI=1S/C20H24ClN5O3S/c1-13-15(21)4-5-16-17(13)22-20(30-16)26(7-6-25-8-10-29-11-9-25)19(27)14-12-24(2)23-18(14)28-3/h4-5,12H,6-11H2,1-3H3. The van der Waals surface area contributed by atoms with Crippen molar-refractivity contribution in [2.24, 2.45) is 7.05 Å². The fourth-order valence-corrected chi connectivity index (χ4v) is 4.67. The van der Waals surface area contributed by atoms with Gasteiger partial charge in [0.25, 0.3) is 5.91 Å². The van der Waals surface area contributed by atoms with Gasteiger partial charge in [0.1, 0.15) is 5.56 Å². The first-order chi connectivity index (χ1) is 14.5. The lowest BCUT2D eigenvalue weighted by Gasteiger charge is -2.29. The second-order valence-electron chi connectivity index (χ2n) is 7.15. The Bertz CT molecular complexity index is 1060. The largest absolute Gasteiger partial charge is 0.479 e. The molecule has 30 heavy (non-hydrogen) atoms. The Hall–Kier alpha value is -2.20. The maximum atomic E-state index is 13.5. The lowest BCUT2D eigenvalue weighted by molar-refractivity contribution is 0.0391. The summed E-state index contributed by atoms with van der Waals surface area (Å²) in [6.07, 6.45) is 1.68. The number of morpholine rings is 1. The Morgan fingerprint density at radius 2 is 2.13 bits per heavy atom. The van der Waals surface area contributed by atoms with E-state index in [-0.39, 0.29) is 5.91 Å². The molecule has 3 heterocycles. The third-order valence-electron chi connectivity index (χ3n) is 5.17. The van der Waals surface area contributed by atoms with Crippen LogP contribution in [-0.2, 0) is 11.8 Å². The molecule has 0 atom stereocenters. The SMILES string of the molecule is COc1nn(C)cc1C(=O)N(CCN1CCOCC1)c1nc2c(C)c(Cl)ccc2s1. The number of thiazole rings is 1. The summed E-state index contributed by atoms with van der Waals surface area (Å²) < 4.78 is 13.3. The lowest BCUT2D eigenvalue weighted by atomic mass is 10.2. The third kappa shape index (κ3) is 4.15. The van der Waals surface area contributed by atoms with Gasteiger partial charge in [-0.05, 0) is 24.6 Å². The average Bonchev–Trinajstić information content (AvgIpc) is 3.35. The molecule has 1 amide bonds. The van der Waals surface area contributed by atoms with E-state index < -0.39 is 0 Å². The molecule has 0 spiro atoms. The van der Waals surface area contributed by atoms with Crippen LogP contribution in [0.4, 0.5) is 5.13 Å². The number of benzene rings is 1. The number of amides is 1. The summed E-state index contributed by atoms with van der Waals surface area (Å²) >= 11 is 7.76. The first-order valence-corrected chi connectivity index (χ1v) is 10.9. The molecule has 0 bridgehead atoms. The van der Waals surface area contributed by atoms with Crippen LogP contribution in [0.5, 0.6) is 5.88 Å². The van der Waals surface area contributed by atoms with E-state index in [1.54, 1.807) is 22.8 Å². The Morgan fingerprint density at radius 1 is 1.37 bits per heavy atom. The zero-order chi connectivity index (χ0) is 21.3. The molecule has 0 N–H and O–H groups in total. The molecule has 4 rings (SSSR count). The summed E-state index contributed by atoms with van der Waals surface area (Å²) in [6, 6.07) is 3.81. The van der Waals surface area contributed by atoms with Crippen LogP contribution in [0.1, 0.15) is 15.9 Å². The minimum absolute atomic E-state index is 0.184. The summed E-state index contributed by atoms with van der Waals surface area (Å²) in [5, 5.41) is 5.53. The molecule has 160 valence electrons. The minimum Gasteiger partial charge on any atom is -0.479 e. The summed E-state index contributed by atoms with van der Waals surface area (Å²) in [4.78, 5) is 22.3. The second-order valence-corrected chi connectivity index (χ2v) is 8.57. The van der Waals surface area contributed by atoms with Crippen molar-refractivity contribution in [2.75, 3.05) is 51.4 Å². The highest BCUT2D eigenvalue weighted by Gasteiger charge is 2.27. The average molecular weight is 450 g/mol. The van der Waals surface area contributed by atoms with Crippen LogP contribution in [-0.4, -0.2) is 72.1 Å². The van der Waals surface area contributed by atoms with Crippen molar-refractivity contribution in [1.82, 2.24) is 19.7 Å². The third-order valence-corrected chi connectivity index (χ3v) is 6.63. The monoisotopic (exact) mass is 449 g/mol. The highest BCUT2D eigenvalue weighted by atomic mass is 35.5. The Kier molecular flexibility index (Phi) is 6.24.